The number of aromatic nitrogens is 2. The molecule has 140 valence electrons. The van der Waals surface area contributed by atoms with Gasteiger partial charge in [-0.1, -0.05) is 6.07 Å². The van der Waals surface area contributed by atoms with Crippen molar-refractivity contribution in [3.63, 3.8) is 0 Å². The molecule has 1 amide bonds. The van der Waals surface area contributed by atoms with Crippen LogP contribution in [0, 0.1) is 11.7 Å². The quantitative estimate of drug-likeness (QED) is 0.642. The molecule has 2 N–H and O–H groups in total. The van der Waals surface area contributed by atoms with Crippen LogP contribution in [0.2, 0.25) is 0 Å². The lowest BCUT2D eigenvalue weighted by Gasteiger charge is -2.13. The molecule has 1 aromatic heterocycles. The number of nitrogens with one attached hydrogen (secondary N) is 2. The number of hydrogen-bond acceptors (Lipinski definition) is 3. The van der Waals surface area contributed by atoms with Crippen molar-refractivity contribution < 1.29 is 18.0 Å². The lowest BCUT2D eigenvalue weighted by Crippen LogP contribution is -2.19. The molecule has 0 bridgehead atoms. The molecule has 0 aliphatic heterocycles. The van der Waals surface area contributed by atoms with Gasteiger partial charge in [0.25, 0.3) is 11.5 Å². The predicted octanol–water partition coefficient (Wildman–Crippen LogP) is 4.18. The van der Waals surface area contributed by atoms with Crippen LogP contribution in [0.3, 0.4) is 0 Å². The number of anilines is 1. The van der Waals surface area contributed by atoms with Crippen molar-refractivity contribution in [1.29, 1.82) is 0 Å². The molecule has 3 rings (SSSR count). The number of fused-ring (bicyclic) bond motifs is 1. The minimum absolute atomic E-state index is 0.0231. The van der Waals surface area contributed by atoms with E-state index in [4.69, 9.17) is 12.2 Å². The van der Waals surface area contributed by atoms with Crippen molar-refractivity contribution in [3.05, 3.63) is 68.2 Å². The highest BCUT2D eigenvalue weighted by Crippen LogP contribution is 2.33. The van der Waals surface area contributed by atoms with Gasteiger partial charge >= 0.3 is 6.18 Å². The summed E-state index contributed by atoms with van der Waals surface area (Å²) in [5.74, 6) is -0.603. The molecule has 2 aromatic carbocycles. The highest BCUT2D eigenvalue weighted by Gasteiger charge is 2.32. The molecule has 27 heavy (non-hydrogen) atoms. The minimum atomic E-state index is -4.51. The number of benzene rings is 2. The summed E-state index contributed by atoms with van der Waals surface area (Å²) in [4.78, 5) is 27.4. The van der Waals surface area contributed by atoms with Crippen LogP contribution >= 0.6 is 12.2 Å². The second-order valence-corrected chi connectivity index (χ2v) is 6.42. The summed E-state index contributed by atoms with van der Waals surface area (Å²) in [5.41, 5.74) is -0.490. The smallest absolute Gasteiger partial charge is 0.332 e. The molecule has 1 heterocycles. The second kappa shape index (κ2) is 6.66. The van der Waals surface area contributed by atoms with Crippen LogP contribution in [0.15, 0.2) is 41.2 Å². The second-order valence-electron chi connectivity index (χ2n) is 6.04. The Bertz CT molecular complexity index is 1180. The van der Waals surface area contributed by atoms with E-state index in [2.05, 4.69) is 10.3 Å². The Balaban J connectivity index is 1.96. The first-order valence-electron chi connectivity index (χ1n) is 7.80. The summed E-state index contributed by atoms with van der Waals surface area (Å²) in [6, 6.07) is 7.90. The maximum Gasteiger partial charge on any atom is 0.416 e. The normalized spacial score (nSPS) is 11.6. The van der Waals surface area contributed by atoms with Gasteiger partial charge in [-0.2, -0.15) is 13.2 Å². The van der Waals surface area contributed by atoms with Gasteiger partial charge in [0.05, 0.1) is 16.5 Å². The Kier molecular flexibility index (Phi) is 4.64. The molecular weight excluding hydrogens is 379 g/mol. The monoisotopic (exact) mass is 393 g/mol. The van der Waals surface area contributed by atoms with Crippen LogP contribution in [-0.2, 0) is 13.2 Å². The van der Waals surface area contributed by atoms with Crippen LogP contribution < -0.4 is 10.9 Å². The van der Waals surface area contributed by atoms with E-state index in [0.29, 0.717) is 10.9 Å². The standard InChI is InChI=1S/C18H14F3N3O2S/c1-9-3-5-11(8-13(9)18(19,20)21)22-15(25)10-4-6-12-14(7-10)23-17(27)24(2)16(12)26/h3-8H,1-2H3,(H,22,25)(H,23,27). The first-order chi connectivity index (χ1) is 12.6. The lowest BCUT2D eigenvalue weighted by atomic mass is 10.1. The summed E-state index contributed by atoms with van der Waals surface area (Å²) >= 11 is 5.04. The van der Waals surface area contributed by atoms with E-state index >= 15 is 0 Å². The molecule has 5 nitrogen and oxygen atoms in total. The van der Waals surface area contributed by atoms with E-state index in [1.165, 1.54) is 48.9 Å². The fraction of sp³-hybridized carbons (Fsp3) is 0.167. The number of carbonyl (C=O) groups excluding carboxylic acids is 1. The molecule has 0 aliphatic carbocycles. The summed E-state index contributed by atoms with van der Waals surface area (Å²) < 4.78 is 40.5. The average Bonchev–Trinajstić information content (AvgIpc) is 2.60. The van der Waals surface area contributed by atoms with Gasteiger partial charge in [0.2, 0.25) is 0 Å². The van der Waals surface area contributed by atoms with E-state index < -0.39 is 17.6 Å². The predicted molar refractivity (Wildman–Crippen MR) is 98.5 cm³/mol. The maximum absolute atomic E-state index is 13.0. The Labute approximate surface area is 156 Å². The number of amides is 1. The molecule has 0 fully saturated rings. The van der Waals surface area contributed by atoms with Crippen LogP contribution in [0.1, 0.15) is 21.5 Å². The van der Waals surface area contributed by atoms with Gasteiger partial charge in [0.15, 0.2) is 4.77 Å². The fourth-order valence-corrected chi connectivity index (χ4v) is 2.85. The topological polar surface area (TPSA) is 66.9 Å². The van der Waals surface area contributed by atoms with Gasteiger partial charge in [-0.3, -0.25) is 14.2 Å². The molecule has 0 spiro atoms. The molecule has 3 aromatic rings. The Morgan fingerprint density at radius 1 is 1.19 bits per heavy atom. The molecule has 0 radical (unpaired) electrons. The number of aromatic amines is 1. The molecular formula is C18H14F3N3O2S. The number of aryl methyl sites for hydroxylation is 1. The zero-order chi connectivity index (χ0) is 19.9. The molecule has 0 atom stereocenters. The van der Waals surface area contributed by atoms with Gasteiger partial charge in [-0.05, 0) is 55.0 Å². The van der Waals surface area contributed by atoms with Gasteiger partial charge in [-0.25, -0.2) is 0 Å². The number of rotatable bonds is 2. The highest BCUT2D eigenvalue weighted by molar-refractivity contribution is 7.71. The molecule has 0 saturated heterocycles. The van der Waals surface area contributed by atoms with Gasteiger partial charge < -0.3 is 10.3 Å². The summed E-state index contributed by atoms with van der Waals surface area (Å²) in [7, 11) is 1.52. The van der Waals surface area contributed by atoms with Crippen molar-refractivity contribution in [2.24, 2.45) is 7.05 Å². The van der Waals surface area contributed by atoms with Crippen molar-refractivity contribution in [3.8, 4) is 0 Å². The van der Waals surface area contributed by atoms with Crippen LogP contribution in [0.25, 0.3) is 10.9 Å². The third kappa shape index (κ3) is 3.63. The summed E-state index contributed by atoms with van der Waals surface area (Å²) in [6.07, 6.45) is -4.51. The van der Waals surface area contributed by atoms with E-state index in [1.807, 2.05) is 0 Å². The van der Waals surface area contributed by atoms with Crippen molar-refractivity contribution in [1.82, 2.24) is 9.55 Å². The third-order valence-corrected chi connectivity index (χ3v) is 4.54. The number of H-pyrrole nitrogens is 1. The third-order valence-electron chi connectivity index (χ3n) is 4.16. The summed E-state index contributed by atoms with van der Waals surface area (Å²) in [5, 5.41) is 2.79. The largest absolute Gasteiger partial charge is 0.416 e. The lowest BCUT2D eigenvalue weighted by molar-refractivity contribution is -0.138. The van der Waals surface area contributed by atoms with Gasteiger partial charge in [-0.15, -0.1) is 0 Å². The van der Waals surface area contributed by atoms with Crippen molar-refractivity contribution in [2.45, 2.75) is 13.1 Å². The minimum Gasteiger partial charge on any atom is -0.332 e. The van der Waals surface area contributed by atoms with E-state index in [1.54, 1.807) is 0 Å². The first kappa shape index (κ1) is 18.8. The Morgan fingerprint density at radius 3 is 2.56 bits per heavy atom. The number of alkyl halides is 3. The molecule has 0 aliphatic rings. The SMILES string of the molecule is Cc1ccc(NC(=O)c2ccc3c(=O)n(C)c(=S)[nH]c3c2)cc1C(F)(F)F. The highest BCUT2D eigenvalue weighted by atomic mass is 32.1. The van der Waals surface area contributed by atoms with Crippen molar-refractivity contribution in [2.75, 3.05) is 5.32 Å². The first-order valence-corrected chi connectivity index (χ1v) is 8.21. The zero-order valence-corrected chi connectivity index (χ0v) is 15.1. The molecule has 0 unspecified atom stereocenters. The molecule has 9 heteroatoms. The Morgan fingerprint density at radius 2 is 1.89 bits per heavy atom. The van der Waals surface area contributed by atoms with E-state index in [0.717, 1.165) is 6.07 Å². The maximum atomic E-state index is 13.0. The number of nitrogens with zero attached hydrogens (tertiary/aromatic N) is 1. The van der Waals surface area contributed by atoms with Crippen LogP contribution in [0.4, 0.5) is 18.9 Å². The van der Waals surface area contributed by atoms with Crippen molar-refractivity contribution >= 4 is 34.7 Å². The summed E-state index contributed by atoms with van der Waals surface area (Å²) in [6.45, 7) is 1.35. The van der Waals surface area contributed by atoms with Crippen LogP contribution in [-0.4, -0.2) is 15.5 Å². The number of halogens is 3. The van der Waals surface area contributed by atoms with E-state index in [-0.39, 0.29) is 27.1 Å². The van der Waals surface area contributed by atoms with Gasteiger partial charge in [0.1, 0.15) is 0 Å². The molecule has 0 saturated carbocycles. The fourth-order valence-electron chi connectivity index (χ4n) is 2.66. The number of hydrogen-bond donors (Lipinski definition) is 2. The average molecular weight is 393 g/mol. The van der Waals surface area contributed by atoms with Crippen LogP contribution in [0.5, 0.6) is 0 Å². The Hall–Kier alpha value is -2.94. The number of carbonyl (C=O) groups is 1. The zero-order valence-electron chi connectivity index (χ0n) is 14.3. The van der Waals surface area contributed by atoms with Gasteiger partial charge in [0, 0.05) is 18.3 Å². The van der Waals surface area contributed by atoms with E-state index in [9.17, 15) is 22.8 Å².